The van der Waals surface area contributed by atoms with Crippen LogP contribution in [-0.2, 0) is 6.42 Å². The lowest BCUT2D eigenvalue weighted by molar-refractivity contribution is 0.589. The highest BCUT2D eigenvalue weighted by atomic mass is 14.2. The molecule has 0 nitrogen and oxygen atoms in total. The molecule has 0 fully saturated rings. The van der Waals surface area contributed by atoms with Gasteiger partial charge in [0.25, 0.3) is 0 Å². The highest BCUT2D eigenvalue weighted by Crippen LogP contribution is 2.26. The monoisotopic (exact) mass is 145 g/mol. The molecule has 11 heavy (non-hydrogen) atoms. The second-order valence-corrected chi connectivity index (χ2v) is 3.38. The Bertz CT molecular complexity index is 250. The lowest BCUT2D eigenvalue weighted by atomic mass is 9.85. The van der Waals surface area contributed by atoms with Gasteiger partial charge in [-0.3, -0.25) is 0 Å². The van der Waals surface area contributed by atoms with Crippen molar-refractivity contribution in [3.63, 3.8) is 0 Å². The molecule has 0 heterocycles. The molecule has 57 valence electrons. The summed E-state index contributed by atoms with van der Waals surface area (Å²) in [5.74, 6) is 0.768. The van der Waals surface area contributed by atoms with Crippen molar-refractivity contribution in [3.8, 4) is 0 Å². The standard InChI is InChI=1S/C11H13/c1-9-6-7-10-4-2-3-5-11(10)8-9/h2-5,8-9H,6-7H2,1H3/t9-/m1/s1. The molecular weight excluding hydrogens is 132 g/mol. The number of hydrogen-bond acceptors (Lipinski definition) is 0. The summed E-state index contributed by atoms with van der Waals surface area (Å²) in [6.07, 6.45) is 4.95. The zero-order chi connectivity index (χ0) is 7.68. The Labute approximate surface area is 68.3 Å². The number of rotatable bonds is 0. The van der Waals surface area contributed by atoms with Gasteiger partial charge in [0.15, 0.2) is 0 Å². The van der Waals surface area contributed by atoms with Gasteiger partial charge in [0.1, 0.15) is 0 Å². The van der Waals surface area contributed by atoms with Gasteiger partial charge in [0.2, 0.25) is 0 Å². The minimum atomic E-state index is 0.768. The van der Waals surface area contributed by atoms with Crippen LogP contribution in [0.3, 0.4) is 0 Å². The van der Waals surface area contributed by atoms with Crippen LogP contribution in [0.4, 0.5) is 0 Å². The van der Waals surface area contributed by atoms with Crippen LogP contribution < -0.4 is 0 Å². The highest BCUT2D eigenvalue weighted by molar-refractivity contribution is 5.35. The lowest BCUT2D eigenvalue weighted by Crippen LogP contribution is -2.08. The van der Waals surface area contributed by atoms with E-state index in [-0.39, 0.29) is 0 Å². The van der Waals surface area contributed by atoms with Gasteiger partial charge in [-0.25, -0.2) is 0 Å². The predicted molar refractivity (Wildman–Crippen MR) is 47.3 cm³/mol. The molecule has 0 saturated heterocycles. The van der Waals surface area contributed by atoms with Crippen LogP contribution in [0.1, 0.15) is 24.5 Å². The molecule has 1 radical (unpaired) electrons. The van der Waals surface area contributed by atoms with Crippen LogP contribution in [-0.4, -0.2) is 0 Å². The smallest absolute Gasteiger partial charge is 0.00619 e. The van der Waals surface area contributed by atoms with Crippen molar-refractivity contribution in [2.75, 3.05) is 0 Å². The minimum Gasteiger partial charge on any atom is -0.0620 e. The average Bonchev–Trinajstić information content (AvgIpc) is 2.04. The molecule has 2 rings (SSSR count). The van der Waals surface area contributed by atoms with Crippen molar-refractivity contribution in [1.82, 2.24) is 0 Å². The van der Waals surface area contributed by atoms with Gasteiger partial charge in [-0.2, -0.15) is 0 Å². The van der Waals surface area contributed by atoms with Gasteiger partial charge in [-0.1, -0.05) is 31.2 Å². The van der Waals surface area contributed by atoms with Crippen LogP contribution in [0.5, 0.6) is 0 Å². The Kier molecular flexibility index (Phi) is 1.69. The van der Waals surface area contributed by atoms with Gasteiger partial charge in [0.05, 0.1) is 0 Å². The Balaban J connectivity index is 2.34. The molecule has 0 spiro atoms. The van der Waals surface area contributed by atoms with Gasteiger partial charge in [-0.05, 0) is 36.3 Å². The van der Waals surface area contributed by atoms with Crippen molar-refractivity contribution in [2.24, 2.45) is 5.92 Å². The molecule has 0 N–H and O–H groups in total. The van der Waals surface area contributed by atoms with Gasteiger partial charge < -0.3 is 0 Å². The fourth-order valence-electron chi connectivity index (χ4n) is 1.70. The third-order valence-corrected chi connectivity index (χ3v) is 2.39. The SMILES string of the molecule is C[C@H]1[CH]c2ccccc2CC1. The molecule has 0 amide bonds. The Morgan fingerprint density at radius 2 is 2.09 bits per heavy atom. The van der Waals surface area contributed by atoms with Crippen molar-refractivity contribution in [3.05, 3.63) is 41.8 Å². The normalized spacial score (nSPS) is 22.8. The summed E-state index contributed by atoms with van der Waals surface area (Å²) in [6.45, 7) is 2.29. The minimum absolute atomic E-state index is 0.768. The first-order valence-electron chi connectivity index (χ1n) is 4.29. The van der Waals surface area contributed by atoms with E-state index >= 15 is 0 Å². The number of aryl methyl sites for hydroxylation is 1. The molecule has 0 saturated carbocycles. The molecule has 1 aliphatic carbocycles. The maximum atomic E-state index is 2.37. The lowest BCUT2D eigenvalue weighted by Gasteiger charge is -2.20. The van der Waals surface area contributed by atoms with Gasteiger partial charge in [0, 0.05) is 0 Å². The van der Waals surface area contributed by atoms with E-state index < -0.39 is 0 Å². The van der Waals surface area contributed by atoms with Crippen LogP contribution in [0.2, 0.25) is 0 Å². The third-order valence-electron chi connectivity index (χ3n) is 2.39. The maximum absolute atomic E-state index is 2.37. The van der Waals surface area contributed by atoms with E-state index in [0.29, 0.717) is 0 Å². The molecule has 0 aromatic heterocycles. The summed E-state index contributed by atoms with van der Waals surface area (Å²) in [4.78, 5) is 0. The average molecular weight is 145 g/mol. The summed E-state index contributed by atoms with van der Waals surface area (Å²) in [7, 11) is 0. The van der Waals surface area contributed by atoms with Crippen molar-refractivity contribution >= 4 is 0 Å². The zero-order valence-corrected chi connectivity index (χ0v) is 6.88. The quantitative estimate of drug-likeness (QED) is 0.526. The van der Waals surface area contributed by atoms with Crippen molar-refractivity contribution in [1.29, 1.82) is 0 Å². The van der Waals surface area contributed by atoms with E-state index in [9.17, 15) is 0 Å². The van der Waals surface area contributed by atoms with Crippen molar-refractivity contribution in [2.45, 2.75) is 19.8 Å². The van der Waals surface area contributed by atoms with E-state index in [0.717, 1.165) is 5.92 Å². The molecule has 1 aliphatic rings. The second kappa shape index (κ2) is 2.69. The predicted octanol–water partition coefficient (Wildman–Crippen LogP) is 2.82. The Hall–Kier alpha value is -0.780. The van der Waals surface area contributed by atoms with Gasteiger partial charge in [-0.15, -0.1) is 0 Å². The number of fused-ring (bicyclic) bond motifs is 1. The molecule has 0 unspecified atom stereocenters. The topological polar surface area (TPSA) is 0 Å². The molecule has 1 atom stereocenters. The molecule has 1 aromatic rings. The summed E-state index contributed by atoms with van der Waals surface area (Å²) in [5, 5.41) is 0. The van der Waals surface area contributed by atoms with Crippen molar-refractivity contribution < 1.29 is 0 Å². The fourth-order valence-corrected chi connectivity index (χ4v) is 1.70. The van der Waals surface area contributed by atoms with E-state index in [4.69, 9.17) is 0 Å². The van der Waals surface area contributed by atoms with E-state index in [1.165, 1.54) is 24.0 Å². The second-order valence-electron chi connectivity index (χ2n) is 3.38. The molecular formula is C11H13. The first-order valence-corrected chi connectivity index (χ1v) is 4.29. The fraction of sp³-hybridized carbons (Fsp3) is 0.364. The Morgan fingerprint density at radius 3 is 3.00 bits per heavy atom. The van der Waals surface area contributed by atoms with Crippen LogP contribution in [0, 0.1) is 12.3 Å². The maximum Gasteiger partial charge on any atom is -0.00619 e. The Morgan fingerprint density at radius 1 is 1.27 bits per heavy atom. The summed E-state index contributed by atoms with van der Waals surface area (Å²) in [5.41, 5.74) is 2.97. The zero-order valence-electron chi connectivity index (χ0n) is 6.88. The van der Waals surface area contributed by atoms with Crippen LogP contribution in [0.25, 0.3) is 0 Å². The van der Waals surface area contributed by atoms with Crippen LogP contribution >= 0.6 is 0 Å². The van der Waals surface area contributed by atoms with Crippen LogP contribution in [0.15, 0.2) is 24.3 Å². The number of hydrogen-bond donors (Lipinski definition) is 0. The summed E-state index contributed by atoms with van der Waals surface area (Å²) >= 11 is 0. The molecule has 0 aliphatic heterocycles. The summed E-state index contributed by atoms with van der Waals surface area (Å²) in [6, 6.07) is 8.69. The van der Waals surface area contributed by atoms with E-state index in [2.05, 4.69) is 37.6 Å². The first-order chi connectivity index (χ1) is 5.36. The molecule has 0 bridgehead atoms. The van der Waals surface area contributed by atoms with E-state index in [1.807, 2.05) is 0 Å². The third kappa shape index (κ3) is 1.30. The van der Waals surface area contributed by atoms with E-state index in [1.54, 1.807) is 0 Å². The molecule has 1 aromatic carbocycles. The summed E-state index contributed by atoms with van der Waals surface area (Å²) < 4.78 is 0. The highest BCUT2D eigenvalue weighted by Gasteiger charge is 2.13. The first kappa shape index (κ1) is 6.90. The molecule has 0 heteroatoms. The van der Waals surface area contributed by atoms with Gasteiger partial charge >= 0.3 is 0 Å². The largest absolute Gasteiger partial charge is 0.0620 e. The number of benzene rings is 1.